The summed E-state index contributed by atoms with van der Waals surface area (Å²) >= 11 is 6.25. The van der Waals surface area contributed by atoms with E-state index in [1.54, 1.807) is 42.9 Å². The number of amides is 2. The smallest absolute Gasteiger partial charge is 0.261 e. The first-order valence-electron chi connectivity index (χ1n) is 11.4. The minimum Gasteiger partial charge on any atom is -0.496 e. The fraction of sp³-hybridized carbons (Fsp3) is 0.292. The summed E-state index contributed by atoms with van der Waals surface area (Å²) < 4.78 is 14.0. The number of methoxy groups -OCH3 is 1. The number of fused-ring (bicyclic) bond motifs is 1. The SMILES string of the molecule is COc1ccc(Cl)cc1-c1nn(CC(=O)NCC2CCCO2)cc1NC(=O)c1cnn2cccnc12. The number of anilines is 1. The average molecular weight is 510 g/mol. The van der Waals surface area contributed by atoms with Gasteiger partial charge in [0, 0.05) is 42.3 Å². The third kappa shape index (κ3) is 5.02. The predicted octanol–water partition coefficient (Wildman–Crippen LogP) is 2.80. The van der Waals surface area contributed by atoms with Gasteiger partial charge in [0.1, 0.15) is 23.6 Å². The molecule has 36 heavy (non-hydrogen) atoms. The van der Waals surface area contributed by atoms with Gasteiger partial charge in [0.25, 0.3) is 5.91 Å². The molecule has 186 valence electrons. The number of carbonyl (C=O) groups excluding carboxylic acids is 2. The number of halogens is 1. The lowest BCUT2D eigenvalue weighted by Crippen LogP contribution is -2.34. The van der Waals surface area contributed by atoms with Gasteiger partial charge < -0.3 is 20.1 Å². The molecule has 0 radical (unpaired) electrons. The first-order chi connectivity index (χ1) is 17.5. The van der Waals surface area contributed by atoms with Gasteiger partial charge in [-0.2, -0.15) is 10.2 Å². The van der Waals surface area contributed by atoms with Crippen LogP contribution in [0, 0.1) is 0 Å². The zero-order valence-corrected chi connectivity index (χ0v) is 20.2. The summed E-state index contributed by atoms with van der Waals surface area (Å²) in [6.45, 7) is 1.12. The van der Waals surface area contributed by atoms with Crippen molar-refractivity contribution in [2.24, 2.45) is 0 Å². The summed E-state index contributed by atoms with van der Waals surface area (Å²) in [4.78, 5) is 30.0. The van der Waals surface area contributed by atoms with E-state index in [2.05, 4.69) is 25.8 Å². The summed E-state index contributed by atoms with van der Waals surface area (Å²) in [5.41, 5.74) is 2.05. The van der Waals surface area contributed by atoms with E-state index >= 15 is 0 Å². The molecular formula is C24H24ClN7O4. The molecule has 0 saturated carbocycles. The highest BCUT2D eigenvalue weighted by molar-refractivity contribution is 6.31. The average Bonchev–Trinajstić information content (AvgIpc) is 3.63. The molecule has 3 aromatic heterocycles. The molecule has 4 heterocycles. The second-order valence-corrected chi connectivity index (χ2v) is 8.71. The third-order valence-corrected chi connectivity index (χ3v) is 6.04. The number of nitrogens with one attached hydrogen (secondary N) is 2. The topological polar surface area (TPSA) is 125 Å². The molecule has 0 bridgehead atoms. The maximum absolute atomic E-state index is 13.2. The molecule has 1 fully saturated rings. The Morgan fingerprint density at radius 3 is 3.03 bits per heavy atom. The van der Waals surface area contributed by atoms with Gasteiger partial charge in [-0.25, -0.2) is 9.50 Å². The number of aromatic nitrogens is 5. The largest absolute Gasteiger partial charge is 0.496 e. The van der Waals surface area contributed by atoms with Gasteiger partial charge in [0.2, 0.25) is 5.91 Å². The number of carbonyl (C=O) groups is 2. The van der Waals surface area contributed by atoms with E-state index in [1.165, 1.54) is 22.5 Å². The van der Waals surface area contributed by atoms with Gasteiger partial charge in [0.05, 0.1) is 25.1 Å². The third-order valence-electron chi connectivity index (χ3n) is 5.81. The van der Waals surface area contributed by atoms with Crippen LogP contribution in [-0.4, -0.2) is 62.6 Å². The molecule has 1 aromatic carbocycles. The Morgan fingerprint density at radius 1 is 1.33 bits per heavy atom. The number of benzene rings is 1. The minimum absolute atomic E-state index is 0.0344. The monoisotopic (exact) mass is 509 g/mol. The molecule has 4 aromatic rings. The van der Waals surface area contributed by atoms with Crippen molar-refractivity contribution in [3.8, 4) is 17.0 Å². The van der Waals surface area contributed by atoms with Crippen LogP contribution >= 0.6 is 11.6 Å². The summed E-state index contributed by atoms with van der Waals surface area (Å²) in [6.07, 6.45) is 8.29. The maximum atomic E-state index is 13.2. The van der Waals surface area contributed by atoms with Gasteiger partial charge in [-0.05, 0) is 37.1 Å². The molecule has 5 rings (SSSR count). The van der Waals surface area contributed by atoms with Crippen molar-refractivity contribution in [3.05, 3.63) is 59.6 Å². The molecule has 2 amide bonds. The minimum atomic E-state index is -0.423. The van der Waals surface area contributed by atoms with Crippen LogP contribution in [0.25, 0.3) is 16.9 Å². The summed E-state index contributed by atoms with van der Waals surface area (Å²) in [5, 5.41) is 15.0. The second-order valence-electron chi connectivity index (χ2n) is 8.27. The van der Waals surface area contributed by atoms with Crippen molar-refractivity contribution >= 4 is 34.7 Å². The highest BCUT2D eigenvalue weighted by atomic mass is 35.5. The van der Waals surface area contributed by atoms with Crippen molar-refractivity contribution in [1.29, 1.82) is 0 Å². The van der Waals surface area contributed by atoms with E-state index in [0.717, 1.165) is 19.4 Å². The van der Waals surface area contributed by atoms with E-state index in [9.17, 15) is 9.59 Å². The predicted molar refractivity (Wildman–Crippen MR) is 132 cm³/mol. The van der Waals surface area contributed by atoms with Crippen LogP contribution in [0.15, 0.2) is 49.1 Å². The molecule has 2 N–H and O–H groups in total. The Balaban J connectivity index is 1.43. The van der Waals surface area contributed by atoms with E-state index < -0.39 is 5.91 Å². The summed E-state index contributed by atoms with van der Waals surface area (Å²) in [6, 6.07) is 6.82. The molecule has 1 aliphatic rings. The zero-order chi connectivity index (χ0) is 25.1. The number of nitrogens with zero attached hydrogens (tertiary/aromatic N) is 5. The summed E-state index contributed by atoms with van der Waals surface area (Å²) in [7, 11) is 1.53. The number of ether oxygens (including phenoxy) is 2. The van der Waals surface area contributed by atoms with E-state index in [-0.39, 0.29) is 18.6 Å². The van der Waals surface area contributed by atoms with Crippen LogP contribution in [0.5, 0.6) is 5.75 Å². The maximum Gasteiger partial charge on any atom is 0.261 e. The van der Waals surface area contributed by atoms with Crippen LogP contribution in [-0.2, 0) is 16.1 Å². The quantitative estimate of drug-likeness (QED) is 0.374. The molecular weight excluding hydrogens is 486 g/mol. The molecule has 1 aliphatic heterocycles. The Bertz CT molecular complexity index is 1410. The number of rotatable bonds is 8. The van der Waals surface area contributed by atoms with E-state index in [1.807, 2.05) is 0 Å². The molecule has 0 spiro atoms. The number of hydrogen-bond donors (Lipinski definition) is 2. The normalized spacial score (nSPS) is 15.2. The lowest BCUT2D eigenvalue weighted by molar-refractivity contribution is -0.122. The standard InChI is InChI=1S/C24H24ClN7O4/c1-35-20-6-5-15(25)10-17(20)22-19(29-24(34)18-12-28-32-8-3-7-26-23(18)32)13-31(30-22)14-21(33)27-11-16-4-2-9-36-16/h3,5-8,10,12-13,16H,2,4,9,11,14H2,1H3,(H,27,33)(H,29,34). The fourth-order valence-electron chi connectivity index (χ4n) is 4.07. The van der Waals surface area contributed by atoms with Crippen molar-refractivity contribution in [2.45, 2.75) is 25.5 Å². The van der Waals surface area contributed by atoms with Crippen LogP contribution < -0.4 is 15.4 Å². The van der Waals surface area contributed by atoms with E-state index in [0.29, 0.717) is 45.5 Å². The second kappa shape index (κ2) is 10.3. The Morgan fingerprint density at radius 2 is 2.22 bits per heavy atom. The Labute approximate surface area is 211 Å². The molecule has 1 unspecified atom stereocenters. The first-order valence-corrected chi connectivity index (χ1v) is 11.8. The van der Waals surface area contributed by atoms with E-state index in [4.69, 9.17) is 21.1 Å². The van der Waals surface area contributed by atoms with Crippen LogP contribution in [0.3, 0.4) is 0 Å². The lowest BCUT2D eigenvalue weighted by atomic mass is 10.1. The molecule has 12 heteroatoms. The lowest BCUT2D eigenvalue weighted by Gasteiger charge is -2.10. The van der Waals surface area contributed by atoms with Crippen LogP contribution in [0.1, 0.15) is 23.2 Å². The van der Waals surface area contributed by atoms with Crippen LogP contribution in [0.4, 0.5) is 5.69 Å². The Kier molecular flexibility index (Phi) is 6.83. The summed E-state index contributed by atoms with van der Waals surface area (Å²) in [5.74, 6) is -0.128. The highest BCUT2D eigenvalue weighted by Gasteiger charge is 2.22. The first kappa shape index (κ1) is 23.8. The van der Waals surface area contributed by atoms with Crippen molar-refractivity contribution in [3.63, 3.8) is 0 Å². The van der Waals surface area contributed by atoms with Crippen LogP contribution in [0.2, 0.25) is 5.02 Å². The number of hydrogen-bond acceptors (Lipinski definition) is 7. The van der Waals surface area contributed by atoms with Gasteiger partial charge in [-0.1, -0.05) is 11.6 Å². The highest BCUT2D eigenvalue weighted by Crippen LogP contribution is 2.36. The van der Waals surface area contributed by atoms with Crippen molar-refractivity contribution in [2.75, 3.05) is 25.6 Å². The Hall–Kier alpha value is -3.96. The molecule has 11 nitrogen and oxygen atoms in total. The van der Waals surface area contributed by atoms with Crippen molar-refractivity contribution in [1.82, 2.24) is 29.7 Å². The molecule has 1 saturated heterocycles. The van der Waals surface area contributed by atoms with Gasteiger partial charge >= 0.3 is 0 Å². The van der Waals surface area contributed by atoms with Gasteiger partial charge in [0.15, 0.2) is 5.65 Å². The molecule has 0 aliphatic carbocycles. The fourth-order valence-corrected chi connectivity index (χ4v) is 4.24. The molecule has 1 atom stereocenters. The van der Waals surface area contributed by atoms with Gasteiger partial charge in [-0.15, -0.1) is 0 Å². The zero-order valence-electron chi connectivity index (χ0n) is 19.5. The van der Waals surface area contributed by atoms with Gasteiger partial charge in [-0.3, -0.25) is 14.3 Å². The van der Waals surface area contributed by atoms with Crippen molar-refractivity contribution < 1.29 is 19.1 Å².